The molecule has 2 amide bonds. The topological polar surface area (TPSA) is 81.6 Å². The van der Waals surface area contributed by atoms with Gasteiger partial charge in [-0.05, 0) is 37.1 Å². The van der Waals surface area contributed by atoms with Gasteiger partial charge in [-0.15, -0.1) is 0 Å². The number of nitrogens with one attached hydrogen (secondary N) is 2. The van der Waals surface area contributed by atoms with Gasteiger partial charge in [-0.3, -0.25) is 0 Å². The molecule has 17 heavy (non-hydrogen) atoms. The first-order chi connectivity index (χ1) is 8.02. The third-order valence-corrected chi connectivity index (χ3v) is 2.47. The van der Waals surface area contributed by atoms with E-state index in [1.54, 1.807) is 0 Å². The van der Waals surface area contributed by atoms with Crippen molar-refractivity contribution in [1.29, 1.82) is 0 Å². The zero-order valence-electron chi connectivity index (χ0n) is 10.0. The van der Waals surface area contributed by atoms with E-state index in [-0.39, 0.29) is 13.2 Å². The van der Waals surface area contributed by atoms with E-state index in [4.69, 9.17) is 10.2 Å². The number of hydrogen-bond donors (Lipinski definition) is 4. The Bertz CT molecular complexity index is 393. The molecule has 0 saturated carbocycles. The van der Waals surface area contributed by atoms with Crippen molar-refractivity contribution in [1.82, 2.24) is 5.32 Å². The number of amides is 2. The van der Waals surface area contributed by atoms with Crippen molar-refractivity contribution in [2.24, 2.45) is 0 Å². The van der Waals surface area contributed by atoms with Gasteiger partial charge >= 0.3 is 6.03 Å². The van der Waals surface area contributed by atoms with Gasteiger partial charge < -0.3 is 20.8 Å². The van der Waals surface area contributed by atoms with Crippen molar-refractivity contribution in [3.8, 4) is 0 Å². The van der Waals surface area contributed by atoms with Crippen LogP contribution < -0.4 is 10.6 Å². The van der Waals surface area contributed by atoms with Gasteiger partial charge in [-0.1, -0.05) is 6.07 Å². The molecule has 0 saturated heterocycles. The third-order valence-electron chi connectivity index (χ3n) is 2.47. The molecule has 0 aromatic heterocycles. The second kappa shape index (κ2) is 6.22. The van der Waals surface area contributed by atoms with E-state index in [1.165, 1.54) is 0 Å². The summed E-state index contributed by atoms with van der Waals surface area (Å²) in [5, 5.41) is 22.7. The number of rotatable bonds is 4. The summed E-state index contributed by atoms with van der Waals surface area (Å²) >= 11 is 0. The third kappa shape index (κ3) is 4.42. The van der Waals surface area contributed by atoms with Crippen molar-refractivity contribution in [3.05, 3.63) is 29.3 Å². The second-order valence-corrected chi connectivity index (χ2v) is 3.97. The zero-order chi connectivity index (χ0) is 12.8. The fraction of sp³-hybridized carbons (Fsp3) is 0.417. The first-order valence-corrected chi connectivity index (χ1v) is 5.44. The molecule has 0 spiro atoms. The van der Waals surface area contributed by atoms with Crippen LogP contribution in [0.15, 0.2) is 18.2 Å². The molecule has 94 valence electrons. The maximum atomic E-state index is 11.4. The van der Waals surface area contributed by atoms with Gasteiger partial charge in [0.25, 0.3) is 0 Å². The Kier molecular flexibility index (Phi) is 4.93. The summed E-state index contributed by atoms with van der Waals surface area (Å²) in [7, 11) is 0. The molecule has 0 aliphatic carbocycles. The summed E-state index contributed by atoms with van der Waals surface area (Å²) in [5.74, 6) is 0. The minimum absolute atomic E-state index is 0.0210. The lowest BCUT2D eigenvalue weighted by molar-refractivity contribution is 0.0965. The summed E-state index contributed by atoms with van der Waals surface area (Å²) < 4.78 is 0. The van der Waals surface area contributed by atoms with Crippen molar-refractivity contribution < 1.29 is 15.0 Å². The maximum absolute atomic E-state index is 11.4. The molecule has 4 N–H and O–H groups in total. The predicted molar refractivity (Wildman–Crippen MR) is 66.0 cm³/mol. The summed E-state index contributed by atoms with van der Waals surface area (Å²) in [4.78, 5) is 11.4. The van der Waals surface area contributed by atoms with Crippen molar-refractivity contribution in [2.45, 2.75) is 20.0 Å². The van der Waals surface area contributed by atoms with Crippen molar-refractivity contribution in [3.63, 3.8) is 0 Å². The predicted octanol–water partition coefficient (Wildman–Crippen LogP) is 0.778. The lowest BCUT2D eigenvalue weighted by Gasteiger charge is -2.11. The number of urea groups is 1. The van der Waals surface area contributed by atoms with Gasteiger partial charge in [0.2, 0.25) is 0 Å². The molecule has 0 aliphatic rings. The quantitative estimate of drug-likeness (QED) is 0.625. The van der Waals surface area contributed by atoms with Gasteiger partial charge in [-0.2, -0.15) is 0 Å². The van der Waals surface area contributed by atoms with Crippen LogP contribution >= 0.6 is 0 Å². The van der Waals surface area contributed by atoms with Gasteiger partial charge in [0.1, 0.15) is 0 Å². The summed E-state index contributed by atoms with van der Waals surface area (Å²) in [6.45, 7) is 3.61. The summed E-state index contributed by atoms with van der Waals surface area (Å²) in [6.07, 6.45) is -0.930. The molecule has 1 aromatic rings. The minimum Gasteiger partial charge on any atom is -0.394 e. The molecule has 1 aromatic carbocycles. The SMILES string of the molecule is Cc1ccc(NC(=O)NCC(O)CO)cc1C. The number of anilines is 1. The average molecular weight is 238 g/mol. The van der Waals surface area contributed by atoms with Gasteiger partial charge in [0, 0.05) is 12.2 Å². The number of aliphatic hydroxyl groups is 2. The van der Waals surface area contributed by atoms with E-state index in [0.717, 1.165) is 11.1 Å². The van der Waals surface area contributed by atoms with Crippen LogP contribution in [0.3, 0.4) is 0 Å². The van der Waals surface area contributed by atoms with E-state index >= 15 is 0 Å². The van der Waals surface area contributed by atoms with Crippen LogP contribution in [0.25, 0.3) is 0 Å². The average Bonchev–Trinajstić information content (AvgIpc) is 2.31. The normalized spacial score (nSPS) is 12.0. The van der Waals surface area contributed by atoms with Crippen LogP contribution in [0, 0.1) is 13.8 Å². The van der Waals surface area contributed by atoms with Crippen molar-refractivity contribution in [2.75, 3.05) is 18.5 Å². The molecule has 1 unspecified atom stereocenters. The first kappa shape index (κ1) is 13.5. The summed E-state index contributed by atoms with van der Waals surface area (Å²) in [5.41, 5.74) is 2.95. The van der Waals surface area contributed by atoms with E-state index in [9.17, 15) is 4.79 Å². The smallest absolute Gasteiger partial charge is 0.319 e. The van der Waals surface area contributed by atoms with Gasteiger partial charge in [-0.25, -0.2) is 4.79 Å². The number of carbonyl (C=O) groups is 1. The lowest BCUT2D eigenvalue weighted by atomic mass is 10.1. The Morgan fingerprint density at radius 3 is 2.65 bits per heavy atom. The Morgan fingerprint density at radius 1 is 1.35 bits per heavy atom. The number of aliphatic hydroxyl groups excluding tert-OH is 2. The van der Waals surface area contributed by atoms with Gasteiger partial charge in [0.05, 0.1) is 12.7 Å². The highest BCUT2D eigenvalue weighted by Crippen LogP contribution is 2.13. The molecular weight excluding hydrogens is 220 g/mol. The number of carbonyl (C=O) groups excluding carboxylic acids is 1. The minimum atomic E-state index is -0.930. The van der Waals surface area contributed by atoms with Crippen LogP contribution in [-0.2, 0) is 0 Å². The van der Waals surface area contributed by atoms with Gasteiger partial charge in [0.15, 0.2) is 0 Å². The number of aryl methyl sites for hydroxylation is 2. The maximum Gasteiger partial charge on any atom is 0.319 e. The van der Waals surface area contributed by atoms with Crippen LogP contribution in [0.5, 0.6) is 0 Å². The molecule has 0 fully saturated rings. The summed E-state index contributed by atoms with van der Waals surface area (Å²) in [6, 6.07) is 5.20. The molecule has 1 rings (SSSR count). The molecule has 0 aliphatic heterocycles. The highest BCUT2D eigenvalue weighted by molar-refractivity contribution is 5.89. The van der Waals surface area contributed by atoms with E-state index in [0.29, 0.717) is 5.69 Å². The number of benzene rings is 1. The fourth-order valence-electron chi connectivity index (χ4n) is 1.27. The highest BCUT2D eigenvalue weighted by Gasteiger charge is 2.06. The van der Waals surface area contributed by atoms with E-state index < -0.39 is 12.1 Å². The number of hydrogen-bond acceptors (Lipinski definition) is 3. The molecule has 0 bridgehead atoms. The van der Waals surface area contributed by atoms with Crippen LogP contribution in [0.1, 0.15) is 11.1 Å². The van der Waals surface area contributed by atoms with Crippen LogP contribution in [0.4, 0.5) is 10.5 Å². The Hall–Kier alpha value is -1.59. The van der Waals surface area contributed by atoms with E-state index in [2.05, 4.69) is 10.6 Å². The fourth-order valence-corrected chi connectivity index (χ4v) is 1.27. The lowest BCUT2D eigenvalue weighted by Crippen LogP contribution is -2.36. The first-order valence-electron chi connectivity index (χ1n) is 5.44. The molecule has 1 atom stereocenters. The zero-order valence-corrected chi connectivity index (χ0v) is 10.0. The molecule has 0 heterocycles. The van der Waals surface area contributed by atoms with Crippen LogP contribution in [-0.4, -0.2) is 35.5 Å². The largest absolute Gasteiger partial charge is 0.394 e. The Balaban J connectivity index is 2.48. The second-order valence-electron chi connectivity index (χ2n) is 3.97. The van der Waals surface area contributed by atoms with Crippen LogP contribution in [0.2, 0.25) is 0 Å². The Morgan fingerprint density at radius 2 is 2.06 bits per heavy atom. The monoisotopic (exact) mass is 238 g/mol. The molecule has 0 radical (unpaired) electrons. The Labute approximate surface area is 100 Å². The van der Waals surface area contributed by atoms with Crippen molar-refractivity contribution >= 4 is 11.7 Å². The molecule has 5 nitrogen and oxygen atoms in total. The highest BCUT2D eigenvalue weighted by atomic mass is 16.3. The van der Waals surface area contributed by atoms with E-state index in [1.807, 2.05) is 32.0 Å². The molecule has 5 heteroatoms. The standard InChI is InChI=1S/C12H18N2O3/c1-8-3-4-10(5-9(8)2)14-12(17)13-6-11(16)7-15/h3-5,11,15-16H,6-7H2,1-2H3,(H2,13,14,17). The molecular formula is C12H18N2O3.